The average Bonchev–Trinajstić information content (AvgIpc) is 3.24. The van der Waals surface area contributed by atoms with E-state index < -0.39 is 10.0 Å². The molecule has 1 saturated heterocycles. The smallest absolute Gasteiger partial charge is 0.252 e. The van der Waals surface area contributed by atoms with Gasteiger partial charge in [-0.2, -0.15) is 4.31 Å². The third-order valence-corrected chi connectivity index (χ3v) is 8.38. The Labute approximate surface area is 155 Å². The highest BCUT2D eigenvalue weighted by Crippen LogP contribution is 2.29. The fraction of sp³-hybridized carbons (Fsp3) is 0.533. The maximum Gasteiger partial charge on any atom is 0.252 e. The lowest BCUT2D eigenvalue weighted by atomic mass is 9.99. The van der Waals surface area contributed by atoms with Gasteiger partial charge < -0.3 is 5.32 Å². The maximum atomic E-state index is 12.8. The summed E-state index contributed by atoms with van der Waals surface area (Å²) in [7, 11) is -3.53. The second kappa shape index (κ2) is 7.48. The Morgan fingerprint density at radius 3 is 2.80 bits per heavy atom. The van der Waals surface area contributed by atoms with Crippen molar-refractivity contribution in [3.8, 4) is 0 Å². The van der Waals surface area contributed by atoms with E-state index in [1.54, 1.807) is 12.1 Å². The van der Waals surface area contributed by atoms with Crippen LogP contribution in [-0.4, -0.2) is 41.9 Å². The Hall–Kier alpha value is -1.36. The number of nitrogens with zero attached hydrogens (tertiary/aromatic N) is 3. The molecule has 1 amide bonds. The molecule has 0 radical (unpaired) electrons. The van der Waals surface area contributed by atoms with Gasteiger partial charge in [0.25, 0.3) is 10.0 Å². The fourth-order valence-electron chi connectivity index (χ4n) is 2.71. The minimum Gasteiger partial charge on any atom is -0.300 e. The first-order valence-electron chi connectivity index (χ1n) is 8.10. The molecular weight excluding hydrogens is 380 g/mol. The number of aryl methyl sites for hydroxylation is 2. The van der Waals surface area contributed by atoms with Crippen LogP contribution in [0.15, 0.2) is 16.3 Å². The summed E-state index contributed by atoms with van der Waals surface area (Å²) in [5.74, 6) is -0.570. The van der Waals surface area contributed by atoms with Gasteiger partial charge in [0.05, 0.1) is 5.92 Å². The zero-order valence-electron chi connectivity index (χ0n) is 14.1. The molecule has 0 bridgehead atoms. The van der Waals surface area contributed by atoms with Crippen molar-refractivity contribution >= 4 is 43.7 Å². The zero-order valence-corrected chi connectivity index (χ0v) is 16.5. The molecule has 1 aliphatic rings. The molecule has 0 spiro atoms. The molecule has 1 unspecified atom stereocenters. The summed E-state index contributed by atoms with van der Waals surface area (Å²) in [5, 5.41) is 12.0. The molecule has 2 aromatic rings. The molecule has 1 N–H and O–H groups in total. The molecule has 136 valence electrons. The van der Waals surface area contributed by atoms with Crippen molar-refractivity contribution in [1.82, 2.24) is 14.5 Å². The summed E-state index contributed by atoms with van der Waals surface area (Å²) < 4.78 is 27.3. The number of hydrogen-bond acceptors (Lipinski definition) is 7. The number of amides is 1. The minimum atomic E-state index is -3.53. The van der Waals surface area contributed by atoms with E-state index in [1.807, 2.05) is 13.8 Å². The molecule has 3 rings (SSSR count). The summed E-state index contributed by atoms with van der Waals surface area (Å²) in [6.07, 6.45) is 2.10. The lowest BCUT2D eigenvalue weighted by Gasteiger charge is -2.30. The first-order chi connectivity index (χ1) is 11.9. The lowest BCUT2D eigenvalue weighted by molar-refractivity contribution is -0.120. The van der Waals surface area contributed by atoms with E-state index in [9.17, 15) is 13.2 Å². The van der Waals surface area contributed by atoms with Gasteiger partial charge in [-0.25, -0.2) is 8.42 Å². The van der Waals surface area contributed by atoms with Gasteiger partial charge in [-0.1, -0.05) is 18.3 Å². The Morgan fingerprint density at radius 1 is 1.36 bits per heavy atom. The van der Waals surface area contributed by atoms with Gasteiger partial charge >= 0.3 is 0 Å². The van der Waals surface area contributed by atoms with Crippen molar-refractivity contribution in [1.29, 1.82) is 0 Å². The third kappa shape index (κ3) is 4.08. The molecule has 1 atom stereocenters. The van der Waals surface area contributed by atoms with Gasteiger partial charge in [-0.15, -0.1) is 21.5 Å². The zero-order chi connectivity index (χ0) is 18.0. The van der Waals surface area contributed by atoms with Gasteiger partial charge in [0.2, 0.25) is 11.0 Å². The van der Waals surface area contributed by atoms with E-state index >= 15 is 0 Å². The number of piperidine rings is 1. The number of aromatic nitrogens is 2. The van der Waals surface area contributed by atoms with Crippen LogP contribution in [0, 0.1) is 12.8 Å². The van der Waals surface area contributed by atoms with Crippen LogP contribution in [-0.2, 0) is 21.2 Å². The average molecular weight is 401 g/mol. The number of rotatable bonds is 5. The predicted octanol–water partition coefficient (Wildman–Crippen LogP) is 2.51. The van der Waals surface area contributed by atoms with E-state index in [4.69, 9.17) is 0 Å². The Bertz CT molecular complexity index is 859. The van der Waals surface area contributed by atoms with Crippen molar-refractivity contribution in [3.05, 3.63) is 22.0 Å². The topological polar surface area (TPSA) is 92.3 Å². The summed E-state index contributed by atoms with van der Waals surface area (Å²) in [6, 6.07) is 3.43. The van der Waals surface area contributed by atoms with Crippen molar-refractivity contribution in [2.24, 2.45) is 5.92 Å². The summed E-state index contributed by atoms with van der Waals surface area (Å²) >= 11 is 2.61. The molecule has 1 fully saturated rings. The standard InChI is InChI=1S/C15H20N4O3S3/c1-3-12-17-18-15(24-12)16-14(20)11-5-4-8-19(9-11)25(21,22)13-7-6-10(2)23-13/h6-7,11H,3-5,8-9H2,1-2H3,(H,16,18,20). The predicted molar refractivity (Wildman–Crippen MR) is 98.5 cm³/mol. The molecule has 1 aliphatic heterocycles. The Kier molecular flexibility index (Phi) is 5.52. The van der Waals surface area contributed by atoms with Crippen LogP contribution in [0.5, 0.6) is 0 Å². The van der Waals surface area contributed by atoms with E-state index in [2.05, 4.69) is 15.5 Å². The van der Waals surface area contributed by atoms with E-state index in [0.717, 1.165) is 16.3 Å². The first kappa shape index (κ1) is 18.4. The van der Waals surface area contributed by atoms with Crippen LogP contribution in [0.3, 0.4) is 0 Å². The van der Waals surface area contributed by atoms with Crippen molar-refractivity contribution in [3.63, 3.8) is 0 Å². The van der Waals surface area contributed by atoms with E-state index in [1.165, 1.54) is 27.0 Å². The number of carbonyl (C=O) groups is 1. The summed E-state index contributed by atoms with van der Waals surface area (Å²) in [4.78, 5) is 13.4. The quantitative estimate of drug-likeness (QED) is 0.832. The molecule has 0 aromatic carbocycles. The molecular formula is C15H20N4O3S3. The second-order valence-electron chi connectivity index (χ2n) is 5.91. The van der Waals surface area contributed by atoms with Crippen LogP contribution < -0.4 is 5.32 Å². The van der Waals surface area contributed by atoms with Crippen LogP contribution >= 0.6 is 22.7 Å². The van der Waals surface area contributed by atoms with Gasteiger partial charge in [0.15, 0.2) is 0 Å². The SMILES string of the molecule is CCc1nnc(NC(=O)C2CCCN(S(=O)(=O)c3ccc(C)s3)C2)s1. The molecule has 2 aromatic heterocycles. The van der Waals surface area contributed by atoms with Gasteiger partial charge in [0.1, 0.15) is 9.22 Å². The fourth-order valence-corrected chi connectivity index (χ4v) is 6.35. The molecule has 0 aliphatic carbocycles. The largest absolute Gasteiger partial charge is 0.300 e. The number of nitrogens with one attached hydrogen (secondary N) is 1. The van der Waals surface area contributed by atoms with Crippen molar-refractivity contribution < 1.29 is 13.2 Å². The number of sulfonamides is 1. The van der Waals surface area contributed by atoms with Crippen molar-refractivity contribution in [2.45, 2.75) is 37.3 Å². The van der Waals surface area contributed by atoms with Gasteiger partial charge in [-0.3, -0.25) is 4.79 Å². The minimum absolute atomic E-state index is 0.193. The lowest BCUT2D eigenvalue weighted by Crippen LogP contribution is -2.43. The molecule has 3 heterocycles. The first-order valence-corrected chi connectivity index (χ1v) is 11.2. The van der Waals surface area contributed by atoms with Gasteiger partial charge in [0, 0.05) is 18.0 Å². The molecule has 25 heavy (non-hydrogen) atoms. The Morgan fingerprint density at radius 2 is 2.16 bits per heavy atom. The molecule has 7 nitrogen and oxygen atoms in total. The van der Waals surface area contributed by atoms with Crippen LogP contribution in [0.2, 0.25) is 0 Å². The molecule has 0 saturated carbocycles. The van der Waals surface area contributed by atoms with Crippen molar-refractivity contribution in [2.75, 3.05) is 18.4 Å². The van der Waals surface area contributed by atoms with E-state index in [0.29, 0.717) is 28.7 Å². The number of anilines is 1. The highest BCUT2D eigenvalue weighted by Gasteiger charge is 2.34. The van der Waals surface area contributed by atoms with E-state index in [-0.39, 0.29) is 18.4 Å². The van der Waals surface area contributed by atoms with Crippen LogP contribution in [0.25, 0.3) is 0 Å². The highest BCUT2D eigenvalue weighted by molar-refractivity contribution is 7.91. The summed E-state index contributed by atoms with van der Waals surface area (Å²) in [6.45, 7) is 4.50. The number of hydrogen-bond donors (Lipinski definition) is 1. The Balaban J connectivity index is 1.69. The van der Waals surface area contributed by atoms with Gasteiger partial charge in [-0.05, 0) is 38.3 Å². The second-order valence-corrected chi connectivity index (χ2v) is 10.4. The summed E-state index contributed by atoms with van der Waals surface area (Å²) in [5.41, 5.74) is 0. The molecule has 10 heteroatoms. The van der Waals surface area contributed by atoms with Crippen LogP contribution in [0.1, 0.15) is 29.7 Å². The monoisotopic (exact) mass is 400 g/mol. The number of thiophene rings is 1. The van der Waals surface area contributed by atoms with Crippen LogP contribution in [0.4, 0.5) is 5.13 Å². The third-order valence-electron chi connectivity index (χ3n) is 4.06. The number of carbonyl (C=O) groups excluding carboxylic acids is 1. The highest BCUT2D eigenvalue weighted by atomic mass is 32.2. The normalized spacial score (nSPS) is 19.0. The maximum absolute atomic E-state index is 12.8.